The van der Waals surface area contributed by atoms with Crippen LogP contribution in [0.2, 0.25) is 0 Å². The summed E-state index contributed by atoms with van der Waals surface area (Å²) in [6.45, 7) is 14.0. The van der Waals surface area contributed by atoms with Gasteiger partial charge < -0.3 is 14.4 Å². The average Bonchev–Trinajstić information content (AvgIpc) is 3.01. The second kappa shape index (κ2) is 10.7. The van der Waals surface area contributed by atoms with E-state index in [1.807, 2.05) is 24.3 Å². The number of benzene rings is 5. The molecule has 0 aliphatic carbocycles. The highest BCUT2D eigenvalue weighted by Gasteiger charge is 2.37. The second-order valence-corrected chi connectivity index (χ2v) is 12.7. The van der Waals surface area contributed by atoms with Gasteiger partial charge in [0.25, 0.3) is 6.71 Å². The molecule has 2 heterocycles. The van der Waals surface area contributed by atoms with E-state index in [0.717, 1.165) is 40.1 Å². The lowest BCUT2D eigenvalue weighted by Gasteiger charge is -2.35. The molecule has 214 valence electrons. The van der Waals surface area contributed by atoms with Crippen molar-refractivity contribution in [1.29, 1.82) is 0 Å². The predicted octanol–water partition coefficient (Wildman–Crippen LogP) is 9.25. The van der Waals surface area contributed by atoms with Gasteiger partial charge in [-0.25, -0.2) is 0 Å². The minimum absolute atomic E-state index is 0.0439. The van der Waals surface area contributed by atoms with Crippen molar-refractivity contribution in [2.24, 2.45) is 0 Å². The number of rotatable bonds is 5. The van der Waals surface area contributed by atoms with E-state index in [1.54, 1.807) is 0 Å². The van der Waals surface area contributed by atoms with Gasteiger partial charge in [-0.2, -0.15) is 0 Å². The lowest BCUT2D eigenvalue weighted by Crippen LogP contribution is -2.57. The van der Waals surface area contributed by atoms with Gasteiger partial charge in [-0.15, -0.1) is 0 Å². The monoisotopic (exact) mass is 563 g/mol. The van der Waals surface area contributed by atoms with E-state index in [0.29, 0.717) is 17.8 Å². The van der Waals surface area contributed by atoms with E-state index in [-0.39, 0.29) is 6.71 Å². The fourth-order valence-electron chi connectivity index (χ4n) is 6.73. The largest absolute Gasteiger partial charge is 0.458 e. The summed E-state index contributed by atoms with van der Waals surface area (Å²) in [5.41, 5.74) is 11.2. The molecule has 2 aliphatic rings. The lowest BCUT2D eigenvalue weighted by molar-refractivity contribution is 0.477. The highest BCUT2D eigenvalue weighted by molar-refractivity contribution is 6.97. The van der Waals surface area contributed by atoms with Crippen LogP contribution in [-0.2, 0) is 0 Å². The number of hydrogen-bond donors (Lipinski definition) is 0. The van der Waals surface area contributed by atoms with Crippen LogP contribution in [0.25, 0.3) is 0 Å². The summed E-state index contributed by atoms with van der Waals surface area (Å²) in [6, 6.07) is 36.7. The fourth-order valence-corrected chi connectivity index (χ4v) is 6.73. The normalized spacial score (nSPS) is 13.3. The summed E-state index contributed by atoms with van der Waals surface area (Å²) in [6.07, 6.45) is 0. The van der Waals surface area contributed by atoms with Crippen molar-refractivity contribution < 1.29 is 9.47 Å². The van der Waals surface area contributed by atoms with Crippen molar-refractivity contribution in [1.82, 2.24) is 0 Å². The quantitative estimate of drug-likeness (QED) is 0.195. The van der Waals surface area contributed by atoms with Gasteiger partial charge in [0, 0.05) is 5.69 Å². The summed E-state index contributed by atoms with van der Waals surface area (Å²) in [7, 11) is 0. The minimum Gasteiger partial charge on any atom is -0.458 e. The van der Waals surface area contributed by atoms with Gasteiger partial charge in [0.15, 0.2) is 11.5 Å². The molecule has 3 nitrogen and oxygen atoms in total. The molecule has 0 fully saturated rings. The van der Waals surface area contributed by atoms with E-state index < -0.39 is 0 Å². The van der Waals surface area contributed by atoms with Crippen LogP contribution >= 0.6 is 0 Å². The molecule has 0 aromatic heterocycles. The summed E-state index contributed by atoms with van der Waals surface area (Å²) < 4.78 is 13.0. The van der Waals surface area contributed by atoms with E-state index in [2.05, 4.69) is 125 Å². The fraction of sp³-hybridized carbons (Fsp3) is 0.231. The molecule has 5 aromatic rings. The Labute approximate surface area is 256 Å². The maximum absolute atomic E-state index is 6.63. The molecule has 0 bridgehead atoms. The standard InChI is InChI=1S/C39H38BNO2/c1-24(2)27-21-29(25(3)4)39(30(22-27)26(5)6)40-31-13-7-10-16-35(31)42-36-20-19-28(23-32(36)40)41-33-14-8-11-17-37(33)43-38-18-12-9-15-34(38)41/h7-26H,1-6H3. The van der Waals surface area contributed by atoms with Crippen molar-refractivity contribution >= 4 is 40.2 Å². The molecule has 0 unspecified atom stereocenters. The Morgan fingerprint density at radius 1 is 0.512 bits per heavy atom. The van der Waals surface area contributed by atoms with E-state index >= 15 is 0 Å². The first-order chi connectivity index (χ1) is 20.8. The van der Waals surface area contributed by atoms with Gasteiger partial charge in [0.2, 0.25) is 0 Å². The maximum atomic E-state index is 6.63. The molecule has 0 N–H and O–H groups in total. The Balaban J connectivity index is 1.50. The zero-order valence-electron chi connectivity index (χ0n) is 25.9. The zero-order chi connectivity index (χ0) is 29.8. The molecule has 0 amide bonds. The summed E-state index contributed by atoms with van der Waals surface area (Å²) in [5.74, 6) is 4.78. The molecule has 0 atom stereocenters. The molecule has 0 saturated carbocycles. The van der Waals surface area contributed by atoms with Crippen molar-refractivity contribution in [2.45, 2.75) is 59.3 Å². The van der Waals surface area contributed by atoms with Crippen LogP contribution < -0.4 is 30.8 Å². The molecule has 0 radical (unpaired) electrons. The number of ether oxygens (including phenoxy) is 2. The van der Waals surface area contributed by atoms with Gasteiger partial charge in [-0.05, 0) is 93.9 Å². The Morgan fingerprint density at radius 3 is 1.60 bits per heavy atom. The smallest absolute Gasteiger partial charge is 0.251 e. The van der Waals surface area contributed by atoms with Gasteiger partial charge in [-0.1, -0.05) is 102 Å². The first-order valence-corrected chi connectivity index (χ1v) is 15.6. The molecule has 0 saturated heterocycles. The number of fused-ring (bicyclic) bond motifs is 4. The molecule has 0 spiro atoms. The Kier molecular flexibility index (Phi) is 6.81. The first kappa shape index (κ1) is 27.4. The summed E-state index contributed by atoms with van der Waals surface area (Å²) in [5, 5.41) is 0. The van der Waals surface area contributed by atoms with Crippen molar-refractivity contribution in [2.75, 3.05) is 4.90 Å². The van der Waals surface area contributed by atoms with Crippen LogP contribution in [0.1, 0.15) is 76.0 Å². The average molecular weight is 564 g/mol. The van der Waals surface area contributed by atoms with E-state index in [1.165, 1.54) is 33.1 Å². The molecular formula is C39H38BNO2. The highest BCUT2D eigenvalue weighted by Crippen LogP contribution is 2.50. The highest BCUT2D eigenvalue weighted by atomic mass is 16.5. The van der Waals surface area contributed by atoms with Crippen molar-refractivity contribution in [3.8, 4) is 23.0 Å². The van der Waals surface area contributed by atoms with Crippen molar-refractivity contribution in [3.63, 3.8) is 0 Å². The molecule has 2 aliphatic heterocycles. The molecule has 7 rings (SSSR count). The lowest BCUT2D eigenvalue weighted by atomic mass is 9.34. The van der Waals surface area contributed by atoms with Gasteiger partial charge in [0.05, 0.1) is 11.4 Å². The van der Waals surface area contributed by atoms with Crippen LogP contribution in [0.15, 0.2) is 103 Å². The number of hydrogen-bond acceptors (Lipinski definition) is 3. The third-order valence-corrected chi connectivity index (χ3v) is 8.91. The van der Waals surface area contributed by atoms with Gasteiger partial charge >= 0.3 is 0 Å². The third kappa shape index (κ3) is 4.61. The number of anilines is 3. The third-order valence-electron chi connectivity index (χ3n) is 8.91. The van der Waals surface area contributed by atoms with Crippen LogP contribution in [0.4, 0.5) is 17.1 Å². The Bertz CT molecular complexity index is 1770. The number of nitrogens with zero attached hydrogens (tertiary/aromatic N) is 1. The maximum Gasteiger partial charge on any atom is 0.251 e. The second-order valence-electron chi connectivity index (χ2n) is 12.7. The SMILES string of the molecule is CC(C)c1cc(C(C)C)c(B2c3ccccc3Oc3ccc(N4c5ccccc5Oc5ccccc54)cc32)c(C(C)C)c1. The van der Waals surface area contributed by atoms with Gasteiger partial charge in [0.1, 0.15) is 11.5 Å². The van der Waals surface area contributed by atoms with Crippen LogP contribution in [-0.4, -0.2) is 6.71 Å². The molecular weight excluding hydrogens is 525 g/mol. The van der Waals surface area contributed by atoms with Crippen molar-refractivity contribution in [3.05, 3.63) is 120 Å². The van der Waals surface area contributed by atoms with E-state index in [4.69, 9.17) is 9.47 Å². The summed E-state index contributed by atoms with van der Waals surface area (Å²) in [4.78, 5) is 2.32. The predicted molar refractivity (Wildman–Crippen MR) is 181 cm³/mol. The zero-order valence-corrected chi connectivity index (χ0v) is 25.9. The summed E-state index contributed by atoms with van der Waals surface area (Å²) >= 11 is 0. The van der Waals surface area contributed by atoms with Crippen LogP contribution in [0.5, 0.6) is 23.0 Å². The minimum atomic E-state index is 0.0439. The Hall–Kier alpha value is -4.44. The molecule has 43 heavy (non-hydrogen) atoms. The van der Waals surface area contributed by atoms with Gasteiger partial charge in [-0.3, -0.25) is 0 Å². The molecule has 4 heteroatoms. The van der Waals surface area contributed by atoms with Crippen LogP contribution in [0, 0.1) is 0 Å². The van der Waals surface area contributed by atoms with E-state index in [9.17, 15) is 0 Å². The molecule has 5 aromatic carbocycles. The number of para-hydroxylation sites is 5. The van der Waals surface area contributed by atoms with Crippen LogP contribution in [0.3, 0.4) is 0 Å². The first-order valence-electron chi connectivity index (χ1n) is 15.6. The Morgan fingerprint density at radius 2 is 1.02 bits per heavy atom. The topological polar surface area (TPSA) is 21.7 Å².